The number of benzene rings is 1. The molecule has 1 aromatic carbocycles. The summed E-state index contributed by atoms with van der Waals surface area (Å²) in [5.74, 6) is 0.00734. The van der Waals surface area contributed by atoms with Crippen LogP contribution >= 0.6 is 23.5 Å². The number of pyridine rings is 4. The Hall–Kier alpha value is -8.35. The van der Waals surface area contributed by atoms with Crippen LogP contribution in [0.25, 0.3) is 39.0 Å². The van der Waals surface area contributed by atoms with Gasteiger partial charge in [-0.15, -0.1) is 4.52 Å². The number of halogens is 1. The van der Waals surface area contributed by atoms with Crippen molar-refractivity contribution >= 4 is 46.3 Å². The molecule has 2 aliphatic rings. The van der Waals surface area contributed by atoms with Gasteiger partial charge in [-0.3, -0.25) is 14.2 Å². The van der Waals surface area contributed by atoms with Crippen molar-refractivity contribution in [3.05, 3.63) is 144 Å². The predicted octanol–water partition coefficient (Wildman–Crippen LogP) is 9.24. The molecule has 0 spiro atoms. The number of aliphatic hydroxyl groups is 1. The van der Waals surface area contributed by atoms with Gasteiger partial charge in [-0.25, -0.2) is 18.9 Å². The molecule has 20 heteroatoms. The maximum atomic E-state index is 15.3. The number of nitriles is 3. The predicted molar refractivity (Wildman–Crippen MR) is 278 cm³/mol. The van der Waals surface area contributed by atoms with E-state index in [-0.39, 0.29) is 29.1 Å². The van der Waals surface area contributed by atoms with Crippen molar-refractivity contribution < 1.29 is 19.0 Å². The lowest BCUT2D eigenvalue weighted by molar-refractivity contribution is -0.667. The lowest BCUT2D eigenvalue weighted by Gasteiger charge is -2.30. The molecule has 11 rings (SSSR count). The minimum absolute atomic E-state index is 0.0114. The average molecular weight is 1040 g/mol. The number of hydrogen-bond donors (Lipinski definition) is 3. The number of nitrogens with zero attached hydrogens (tertiary/aromatic N) is 13. The summed E-state index contributed by atoms with van der Waals surface area (Å²) < 4.78 is 24.8. The normalized spacial score (nSPS) is 17.6. The van der Waals surface area contributed by atoms with E-state index in [1.54, 1.807) is 33.9 Å². The number of carbonyl (C=O) groups is 1. The van der Waals surface area contributed by atoms with Crippen molar-refractivity contribution in [1.29, 1.82) is 15.8 Å². The Labute approximate surface area is 439 Å². The van der Waals surface area contributed by atoms with Crippen LogP contribution < -0.4 is 15.3 Å². The maximum absolute atomic E-state index is 15.3. The van der Waals surface area contributed by atoms with E-state index in [1.807, 2.05) is 83.4 Å². The molecular formula is C55H49FN15O2S2+. The van der Waals surface area contributed by atoms with E-state index in [9.17, 15) is 25.7 Å². The number of carbonyl (C=O) groups excluding carboxylic acids is 1. The van der Waals surface area contributed by atoms with Crippen LogP contribution in [0.1, 0.15) is 91.5 Å². The first kappa shape index (κ1) is 48.9. The van der Waals surface area contributed by atoms with Crippen LogP contribution in [0.5, 0.6) is 0 Å². The van der Waals surface area contributed by atoms with Crippen molar-refractivity contribution in [2.24, 2.45) is 0 Å². The second-order valence-corrected chi connectivity index (χ2v) is 21.0. The van der Waals surface area contributed by atoms with E-state index < -0.39 is 12.4 Å². The highest BCUT2D eigenvalue weighted by molar-refractivity contribution is 7.99. The third-order valence-electron chi connectivity index (χ3n) is 14.4. The molecule has 3 N–H and O–H groups in total. The highest BCUT2D eigenvalue weighted by Crippen LogP contribution is 2.41. The van der Waals surface area contributed by atoms with Gasteiger partial charge in [0.2, 0.25) is 17.8 Å². The van der Waals surface area contributed by atoms with Gasteiger partial charge >= 0.3 is 0 Å². The summed E-state index contributed by atoms with van der Waals surface area (Å²) in [5.41, 5.74) is 8.17. The zero-order valence-corrected chi connectivity index (χ0v) is 42.6. The van der Waals surface area contributed by atoms with E-state index in [0.717, 1.165) is 107 Å². The Morgan fingerprint density at radius 2 is 1.37 bits per heavy atom. The van der Waals surface area contributed by atoms with E-state index >= 15 is 4.39 Å². The summed E-state index contributed by atoms with van der Waals surface area (Å²) in [6, 6.07) is 26.0. The van der Waals surface area contributed by atoms with Gasteiger partial charge in [0.1, 0.15) is 46.7 Å². The van der Waals surface area contributed by atoms with Gasteiger partial charge in [0.25, 0.3) is 0 Å². The number of nitrogens with one attached hydrogen (secondary N) is 2. The van der Waals surface area contributed by atoms with Crippen LogP contribution in [0.4, 0.5) is 10.2 Å². The first-order chi connectivity index (χ1) is 36.6. The molecule has 0 bridgehead atoms. The standard InChI is InChI=1S/C55H48FN15O2S2/c1-33-45(27-63-70(33)42-12-8-40(9-13-42)65-51-7-3-4-18-60-51)36-21-49(53-38(24-58)26-62-67(53)29-36)74-48-17-16-44(20-35(48)23-57)68-31-39(25-59)54-50(75-55-47(56)6-5-19-61-55)22-37(30-69(54)68)46-28-64-71(34(46)2)43-14-10-41(11-15-43)66-52(73)32-72/h3-7,16-22,26-31,40-43,72H,8-15,32H2,1-2H3,(H-,60,65,66,73)/p+1. The van der Waals surface area contributed by atoms with E-state index in [0.29, 0.717) is 49.2 Å². The molecule has 0 saturated heterocycles. The van der Waals surface area contributed by atoms with Crippen LogP contribution in [0, 0.1) is 53.7 Å². The van der Waals surface area contributed by atoms with Crippen LogP contribution in [0.15, 0.2) is 130 Å². The number of aliphatic hydroxyl groups excluding tert-OH is 1. The smallest absolute Gasteiger partial charge is 0.245 e. The summed E-state index contributed by atoms with van der Waals surface area (Å²) in [6.45, 7) is 3.55. The fourth-order valence-corrected chi connectivity index (χ4v) is 12.7. The first-order valence-corrected chi connectivity index (χ1v) is 26.3. The summed E-state index contributed by atoms with van der Waals surface area (Å²) in [7, 11) is 0. The molecule has 0 unspecified atom stereocenters. The number of fused-ring (bicyclic) bond motifs is 2. The SMILES string of the molecule is Cc1c(-c2cc(Sc3ncccc3F)c3c(C#N)c[n+](-c4ccc(Sc5cc(-c6cnn(C7CCC(Nc8ccccn8)CC7)c6C)cn6ncc(C#N)c56)c(C#N)c4)n3c2)cnn1C1CCC(NC(=O)CO)CC1. The minimum atomic E-state index is -0.541. The van der Waals surface area contributed by atoms with Gasteiger partial charge in [0.05, 0.1) is 53.5 Å². The minimum Gasteiger partial charge on any atom is -0.387 e. The maximum Gasteiger partial charge on any atom is 0.245 e. The van der Waals surface area contributed by atoms with Crippen molar-refractivity contribution in [1.82, 2.24) is 49.0 Å². The second-order valence-electron chi connectivity index (χ2n) is 18.9. The number of aromatic nitrogens is 10. The molecule has 0 radical (unpaired) electrons. The fourth-order valence-electron chi connectivity index (χ4n) is 10.6. The summed E-state index contributed by atoms with van der Waals surface area (Å²) in [6.07, 6.45) is 21.1. The van der Waals surface area contributed by atoms with Gasteiger partial charge in [0.15, 0.2) is 5.82 Å². The average Bonchev–Trinajstić information content (AvgIpc) is 4.26. The van der Waals surface area contributed by atoms with Crippen molar-refractivity contribution in [3.8, 4) is 46.1 Å². The van der Waals surface area contributed by atoms with Crippen LogP contribution in [-0.4, -0.2) is 73.4 Å². The zero-order chi connectivity index (χ0) is 51.7. The largest absolute Gasteiger partial charge is 0.387 e. The monoisotopic (exact) mass is 1030 g/mol. The highest BCUT2D eigenvalue weighted by Gasteiger charge is 2.30. The summed E-state index contributed by atoms with van der Waals surface area (Å²) in [4.78, 5) is 22.6. The van der Waals surface area contributed by atoms with Crippen molar-refractivity contribution in [2.75, 3.05) is 11.9 Å². The molecule has 17 nitrogen and oxygen atoms in total. The topological polar surface area (TPSA) is 220 Å². The number of anilines is 1. The van der Waals surface area contributed by atoms with E-state index in [4.69, 9.17) is 10.2 Å². The van der Waals surface area contributed by atoms with Gasteiger partial charge < -0.3 is 15.7 Å². The summed E-state index contributed by atoms with van der Waals surface area (Å²) in [5, 5.41) is 61.9. The lowest BCUT2D eigenvalue weighted by Crippen LogP contribution is -2.39. The van der Waals surface area contributed by atoms with Gasteiger partial charge in [-0.05, 0) is 108 Å². The molecule has 0 aliphatic heterocycles. The van der Waals surface area contributed by atoms with Crippen molar-refractivity contribution in [2.45, 2.75) is 109 Å². The first-order valence-electron chi connectivity index (χ1n) is 24.7. The number of amides is 1. The molecule has 8 heterocycles. The molecule has 75 heavy (non-hydrogen) atoms. The quantitative estimate of drug-likeness (QED) is 0.0918. The Morgan fingerprint density at radius 1 is 0.720 bits per heavy atom. The van der Waals surface area contributed by atoms with E-state index in [1.165, 1.54) is 30.1 Å². The zero-order valence-electron chi connectivity index (χ0n) is 40.9. The Balaban J connectivity index is 0.924. The highest BCUT2D eigenvalue weighted by atomic mass is 32.2. The number of rotatable bonds is 13. The molecule has 2 saturated carbocycles. The molecule has 1 amide bonds. The number of hydrogen-bond acceptors (Lipinski definition) is 13. The third kappa shape index (κ3) is 9.58. The Morgan fingerprint density at radius 3 is 2.01 bits per heavy atom. The third-order valence-corrected chi connectivity index (χ3v) is 16.5. The molecule has 2 aliphatic carbocycles. The van der Waals surface area contributed by atoms with Crippen LogP contribution in [0.3, 0.4) is 0 Å². The second kappa shape index (κ2) is 20.9. The molecule has 0 atom stereocenters. The Bertz CT molecular complexity index is 3770. The van der Waals surface area contributed by atoms with Crippen LogP contribution in [0.2, 0.25) is 0 Å². The van der Waals surface area contributed by atoms with Gasteiger partial charge in [-0.1, -0.05) is 34.3 Å². The summed E-state index contributed by atoms with van der Waals surface area (Å²) >= 11 is 2.49. The van der Waals surface area contributed by atoms with Gasteiger partial charge in [-0.2, -0.15) is 31.1 Å². The van der Waals surface area contributed by atoms with E-state index in [2.05, 4.69) is 55.5 Å². The fraction of sp³-hybridized carbons (Fsp3) is 0.273. The molecule has 2 fully saturated rings. The van der Waals surface area contributed by atoms with Crippen LogP contribution in [-0.2, 0) is 4.79 Å². The molecule has 374 valence electrons. The Kier molecular flexibility index (Phi) is 13.6. The molecule has 9 aromatic rings. The van der Waals surface area contributed by atoms with Crippen molar-refractivity contribution in [3.63, 3.8) is 0 Å². The molecular weight excluding hydrogens is 986 g/mol. The van der Waals surface area contributed by atoms with Gasteiger partial charge in [0, 0.05) is 91.1 Å². The molecule has 8 aromatic heterocycles. The lowest BCUT2D eigenvalue weighted by atomic mass is 9.91.